The highest BCUT2D eigenvalue weighted by Crippen LogP contribution is 2.20. The Bertz CT molecular complexity index is 1090. The Labute approximate surface area is 239 Å². The summed E-state index contributed by atoms with van der Waals surface area (Å²) in [5.41, 5.74) is 1.72. The van der Waals surface area contributed by atoms with Crippen LogP contribution in [-0.4, -0.2) is 78.1 Å². The Balaban J connectivity index is 1.64. The maximum absolute atomic E-state index is 13.9. The molecule has 0 unspecified atom stereocenters. The molecule has 0 spiro atoms. The van der Waals surface area contributed by atoms with Crippen LogP contribution in [-0.2, 0) is 27.2 Å². The van der Waals surface area contributed by atoms with Gasteiger partial charge in [0.2, 0.25) is 11.8 Å². The van der Waals surface area contributed by atoms with E-state index in [9.17, 15) is 14.4 Å². The zero-order chi connectivity index (χ0) is 29.1. The molecule has 1 fully saturated rings. The van der Waals surface area contributed by atoms with Gasteiger partial charge in [-0.1, -0.05) is 60.7 Å². The van der Waals surface area contributed by atoms with Gasteiger partial charge in [-0.2, -0.15) is 0 Å². The van der Waals surface area contributed by atoms with Crippen LogP contribution in [0.3, 0.4) is 0 Å². The molecule has 2 aromatic rings. The van der Waals surface area contributed by atoms with Crippen LogP contribution in [0.15, 0.2) is 60.7 Å². The van der Waals surface area contributed by atoms with E-state index in [0.717, 1.165) is 37.9 Å². The molecule has 0 aromatic heterocycles. The number of likely N-dealkylation sites (tertiary alicyclic amines) is 1. The van der Waals surface area contributed by atoms with Gasteiger partial charge in [-0.15, -0.1) is 0 Å². The summed E-state index contributed by atoms with van der Waals surface area (Å²) in [7, 11) is 1.54. The molecule has 2 N–H and O–H groups in total. The topological polar surface area (TPSA) is 91.0 Å². The van der Waals surface area contributed by atoms with Crippen molar-refractivity contribution in [2.45, 2.75) is 83.5 Å². The molecule has 2 aromatic carbocycles. The summed E-state index contributed by atoms with van der Waals surface area (Å²) in [5.74, 6) is -0.444. The van der Waals surface area contributed by atoms with Crippen LogP contribution in [0, 0.1) is 0 Å². The first-order valence-corrected chi connectivity index (χ1v) is 14.4. The van der Waals surface area contributed by atoms with Crippen molar-refractivity contribution in [2.75, 3.05) is 26.7 Å². The molecule has 8 heteroatoms. The van der Waals surface area contributed by atoms with E-state index in [1.807, 2.05) is 53.4 Å². The van der Waals surface area contributed by atoms with Crippen molar-refractivity contribution in [3.8, 4) is 0 Å². The highest BCUT2D eigenvalue weighted by Gasteiger charge is 2.35. The Morgan fingerprint density at radius 3 is 2.20 bits per heavy atom. The first kappa shape index (κ1) is 31.1. The van der Waals surface area contributed by atoms with Gasteiger partial charge in [0.05, 0.1) is 0 Å². The van der Waals surface area contributed by atoms with Crippen LogP contribution >= 0.6 is 0 Å². The largest absolute Gasteiger partial charge is 0.444 e. The van der Waals surface area contributed by atoms with Crippen LogP contribution in [0.4, 0.5) is 4.79 Å². The molecule has 1 aliphatic heterocycles. The smallest absolute Gasteiger partial charge is 0.410 e. The van der Waals surface area contributed by atoms with Crippen LogP contribution in [0.25, 0.3) is 0 Å². The van der Waals surface area contributed by atoms with Gasteiger partial charge >= 0.3 is 6.09 Å². The van der Waals surface area contributed by atoms with Crippen LogP contribution in [0.5, 0.6) is 0 Å². The Morgan fingerprint density at radius 1 is 1.00 bits per heavy atom. The number of nitrogens with zero attached hydrogens (tertiary/aromatic N) is 2. The van der Waals surface area contributed by atoms with Gasteiger partial charge in [0, 0.05) is 26.2 Å². The minimum absolute atomic E-state index is 0.0660. The first-order chi connectivity index (χ1) is 19.0. The fourth-order valence-electron chi connectivity index (χ4n) is 4.86. The first-order valence-electron chi connectivity index (χ1n) is 14.4. The van der Waals surface area contributed by atoms with E-state index in [1.54, 1.807) is 27.7 Å². The Morgan fingerprint density at radius 2 is 1.60 bits per heavy atom. The number of ether oxygens (including phenoxy) is 1. The van der Waals surface area contributed by atoms with Gasteiger partial charge in [0.1, 0.15) is 17.7 Å². The predicted octanol–water partition coefficient (Wildman–Crippen LogP) is 4.18. The van der Waals surface area contributed by atoms with Gasteiger partial charge in [0.25, 0.3) is 0 Å². The minimum Gasteiger partial charge on any atom is -0.444 e. The molecule has 40 heavy (non-hydrogen) atoms. The zero-order valence-electron chi connectivity index (χ0n) is 24.7. The quantitative estimate of drug-likeness (QED) is 0.387. The second-order valence-corrected chi connectivity index (χ2v) is 11.6. The SMILES string of the molecule is C[C@@H](C(=O)N[C@@H](CCc1ccccc1)C(=O)N1CCC[C@H]1CNCCc1ccccc1)N(C)C(=O)OC(C)(C)C. The normalized spacial score (nSPS) is 16.7. The van der Waals surface area contributed by atoms with Gasteiger partial charge in [-0.25, -0.2) is 4.79 Å². The molecule has 3 atom stereocenters. The van der Waals surface area contributed by atoms with Crippen LogP contribution in [0.2, 0.25) is 0 Å². The number of rotatable bonds is 12. The van der Waals surface area contributed by atoms with E-state index in [1.165, 1.54) is 17.5 Å². The van der Waals surface area contributed by atoms with E-state index in [4.69, 9.17) is 4.74 Å². The van der Waals surface area contributed by atoms with E-state index in [2.05, 4.69) is 22.8 Å². The number of nitrogens with one attached hydrogen (secondary N) is 2. The molecular weight excluding hydrogens is 504 g/mol. The second-order valence-electron chi connectivity index (χ2n) is 11.6. The second kappa shape index (κ2) is 14.8. The third-order valence-electron chi connectivity index (χ3n) is 7.29. The molecule has 3 amide bonds. The Hall–Kier alpha value is -3.39. The number of likely N-dealkylation sites (N-methyl/N-ethyl adjacent to an activating group) is 1. The summed E-state index contributed by atoms with van der Waals surface area (Å²) in [6.45, 7) is 9.23. The average molecular weight is 551 g/mol. The number of hydrogen-bond acceptors (Lipinski definition) is 5. The standard InChI is InChI=1S/C32H46N4O4/c1-24(35(5)31(39)40-32(2,3)4)29(37)34-28(19-18-25-13-8-6-9-14-25)30(38)36-22-12-17-27(36)23-33-21-20-26-15-10-7-11-16-26/h6-11,13-16,24,27-28,33H,12,17-23H2,1-5H3,(H,34,37)/t24-,27-,28-/m0/s1. The lowest BCUT2D eigenvalue weighted by atomic mass is 10.0. The van der Waals surface area contributed by atoms with Crippen molar-refractivity contribution in [2.24, 2.45) is 0 Å². The molecule has 3 rings (SSSR count). The monoisotopic (exact) mass is 550 g/mol. The summed E-state index contributed by atoms with van der Waals surface area (Å²) >= 11 is 0. The van der Waals surface area contributed by atoms with Gasteiger partial charge in [0.15, 0.2) is 0 Å². The van der Waals surface area contributed by atoms with E-state index >= 15 is 0 Å². The number of benzene rings is 2. The summed E-state index contributed by atoms with van der Waals surface area (Å²) in [6, 6.07) is 18.9. The van der Waals surface area contributed by atoms with Gasteiger partial charge in [-0.3, -0.25) is 14.5 Å². The van der Waals surface area contributed by atoms with E-state index in [-0.39, 0.29) is 17.9 Å². The van der Waals surface area contributed by atoms with Crippen molar-refractivity contribution >= 4 is 17.9 Å². The average Bonchev–Trinajstić information content (AvgIpc) is 3.40. The van der Waals surface area contributed by atoms with E-state index < -0.39 is 23.8 Å². The summed E-state index contributed by atoms with van der Waals surface area (Å²) in [5, 5.41) is 6.49. The van der Waals surface area contributed by atoms with Gasteiger partial charge in [-0.05, 0) is 77.5 Å². The number of hydrogen-bond donors (Lipinski definition) is 2. The van der Waals surface area contributed by atoms with Crippen LogP contribution < -0.4 is 10.6 Å². The Kier molecular flexibility index (Phi) is 11.6. The van der Waals surface area contributed by atoms with Crippen molar-refractivity contribution in [3.05, 3.63) is 71.8 Å². The molecular formula is C32H46N4O4. The third kappa shape index (κ3) is 9.66. The molecule has 1 heterocycles. The highest BCUT2D eigenvalue weighted by molar-refractivity contribution is 5.91. The molecule has 0 bridgehead atoms. The fraction of sp³-hybridized carbons (Fsp3) is 0.531. The summed E-state index contributed by atoms with van der Waals surface area (Å²) in [4.78, 5) is 42.9. The van der Waals surface area contributed by atoms with Crippen molar-refractivity contribution in [1.82, 2.24) is 20.4 Å². The molecule has 1 aliphatic rings. The van der Waals surface area contributed by atoms with Crippen molar-refractivity contribution in [1.29, 1.82) is 0 Å². The lowest BCUT2D eigenvalue weighted by Crippen LogP contribution is -2.55. The molecule has 0 radical (unpaired) electrons. The maximum Gasteiger partial charge on any atom is 0.410 e. The molecule has 0 saturated carbocycles. The predicted molar refractivity (Wildman–Crippen MR) is 158 cm³/mol. The molecule has 218 valence electrons. The molecule has 0 aliphatic carbocycles. The number of carbonyl (C=O) groups excluding carboxylic acids is 3. The minimum atomic E-state index is -0.795. The third-order valence-corrected chi connectivity index (χ3v) is 7.29. The van der Waals surface area contributed by atoms with E-state index in [0.29, 0.717) is 19.4 Å². The highest BCUT2D eigenvalue weighted by atomic mass is 16.6. The lowest BCUT2D eigenvalue weighted by molar-refractivity contribution is -0.138. The number of aryl methyl sites for hydroxylation is 1. The maximum atomic E-state index is 13.9. The number of carbonyl (C=O) groups is 3. The van der Waals surface area contributed by atoms with Crippen LogP contribution in [0.1, 0.15) is 58.1 Å². The van der Waals surface area contributed by atoms with Crippen molar-refractivity contribution in [3.63, 3.8) is 0 Å². The zero-order valence-corrected chi connectivity index (χ0v) is 24.7. The fourth-order valence-corrected chi connectivity index (χ4v) is 4.86. The summed E-state index contributed by atoms with van der Waals surface area (Å²) < 4.78 is 5.42. The number of amides is 3. The molecule has 1 saturated heterocycles. The van der Waals surface area contributed by atoms with Crippen molar-refractivity contribution < 1.29 is 19.1 Å². The molecule has 8 nitrogen and oxygen atoms in total. The van der Waals surface area contributed by atoms with Gasteiger partial charge < -0.3 is 20.3 Å². The lowest BCUT2D eigenvalue weighted by Gasteiger charge is -2.32. The summed E-state index contributed by atoms with van der Waals surface area (Å²) in [6.07, 6.45) is 3.35.